The molecule has 1 aliphatic carbocycles. The van der Waals surface area contributed by atoms with E-state index in [1.54, 1.807) is 22.5 Å². The molecule has 1 saturated carbocycles. The zero-order valence-electron chi connectivity index (χ0n) is 11.6. The van der Waals surface area contributed by atoms with E-state index >= 15 is 0 Å². The molecular weight excluding hydrogens is 260 g/mol. The van der Waals surface area contributed by atoms with Crippen LogP contribution in [0.25, 0.3) is 0 Å². The first-order valence-corrected chi connectivity index (χ1v) is 8.28. The Balaban J connectivity index is 2.32. The van der Waals surface area contributed by atoms with Crippen LogP contribution in [0.15, 0.2) is 23.1 Å². The molecule has 106 valence electrons. The molecule has 0 atom stereocenters. The van der Waals surface area contributed by atoms with Crippen molar-refractivity contribution in [1.29, 1.82) is 0 Å². The highest BCUT2D eigenvalue weighted by atomic mass is 32.2. The summed E-state index contributed by atoms with van der Waals surface area (Å²) in [6, 6.07) is 5.24. The van der Waals surface area contributed by atoms with Gasteiger partial charge in [0, 0.05) is 18.3 Å². The normalized spacial score (nSPS) is 15.9. The smallest absolute Gasteiger partial charge is 0.243 e. The molecule has 1 aromatic rings. The van der Waals surface area contributed by atoms with Gasteiger partial charge in [0.15, 0.2) is 0 Å². The van der Waals surface area contributed by atoms with Crippen LogP contribution in [0.2, 0.25) is 0 Å². The van der Waals surface area contributed by atoms with Crippen LogP contribution in [0.1, 0.15) is 38.2 Å². The molecule has 0 bridgehead atoms. The van der Waals surface area contributed by atoms with E-state index < -0.39 is 10.0 Å². The first-order chi connectivity index (χ1) is 8.95. The van der Waals surface area contributed by atoms with Gasteiger partial charge in [0.2, 0.25) is 10.0 Å². The highest BCUT2D eigenvalue weighted by Gasteiger charge is 2.37. The van der Waals surface area contributed by atoms with Gasteiger partial charge in [-0.25, -0.2) is 8.42 Å². The first kappa shape index (κ1) is 14.3. The number of sulfonamides is 1. The lowest BCUT2D eigenvalue weighted by Crippen LogP contribution is -2.34. The minimum absolute atomic E-state index is 0.193. The number of unbranched alkanes of at least 4 members (excludes halogenated alkanes) is 1. The predicted octanol–water partition coefficient (Wildman–Crippen LogP) is 2.53. The maximum absolute atomic E-state index is 12.7. The second kappa shape index (κ2) is 5.51. The Hall–Kier alpha value is -1.07. The van der Waals surface area contributed by atoms with E-state index in [1.165, 1.54) is 0 Å². The Morgan fingerprint density at radius 3 is 2.53 bits per heavy atom. The molecule has 0 saturated heterocycles. The van der Waals surface area contributed by atoms with Crippen LogP contribution in [-0.2, 0) is 10.0 Å². The van der Waals surface area contributed by atoms with E-state index in [-0.39, 0.29) is 6.04 Å². The maximum Gasteiger partial charge on any atom is 0.243 e. The van der Waals surface area contributed by atoms with Crippen molar-refractivity contribution in [2.75, 3.05) is 12.3 Å². The van der Waals surface area contributed by atoms with Crippen molar-refractivity contribution < 1.29 is 8.42 Å². The molecule has 1 aromatic carbocycles. The van der Waals surface area contributed by atoms with E-state index in [9.17, 15) is 8.42 Å². The molecule has 1 aliphatic rings. The second-order valence-electron chi connectivity index (χ2n) is 5.28. The number of hydrogen-bond donors (Lipinski definition) is 1. The summed E-state index contributed by atoms with van der Waals surface area (Å²) in [5.74, 6) is 0. The molecule has 5 heteroatoms. The lowest BCUT2D eigenvalue weighted by Gasteiger charge is -2.22. The van der Waals surface area contributed by atoms with Crippen molar-refractivity contribution in [2.24, 2.45) is 0 Å². The summed E-state index contributed by atoms with van der Waals surface area (Å²) in [7, 11) is -3.40. The van der Waals surface area contributed by atoms with Gasteiger partial charge < -0.3 is 5.73 Å². The van der Waals surface area contributed by atoms with Crippen molar-refractivity contribution in [3.8, 4) is 0 Å². The third-order valence-electron chi connectivity index (χ3n) is 3.37. The van der Waals surface area contributed by atoms with Crippen LogP contribution >= 0.6 is 0 Å². The van der Waals surface area contributed by atoms with Crippen LogP contribution < -0.4 is 5.73 Å². The van der Waals surface area contributed by atoms with Crippen LogP contribution in [0, 0.1) is 6.92 Å². The molecule has 0 aliphatic heterocycles. The van der Waals surface area contributed by atoms with Crippen LogP contribution in [-0.4, -0.2) is 25.3 Å². The molecule has 0 heterocycles. The van der Waals surface area contributed by atoms with Gasteiger partial charge in [-0.15, -0.1) is 0 Å². The van der Waals surface area contributed by atoms with Crippen LogP contribution in [0.5, 0.6) is 0 Å². The Bertz CT molecular complexity index is 530. The highest BCUT2D eigenvalue weighted by Crippen LogP contribution is 2.33. The second-order valence-corrected chi connectivity index (χ2v) is 7.17. The van der Waals surface area contributed by atoms with E-state index in [2.05, 4.69) is 6.92 Å². The van der Waals surface area contributed by atoms with Crippen molar-refractivity contribution in [3.63, 3.8) is 0 Å². The number of rotatable bonds is 6. The van der Waals surface area contributed by atoms with Gasteiger partial charge in [-0.2, -0.15) is 4.31 Å². The van der Waals surface area contributed by atoms with E-state index in [4.69, 9.17) is 5.73 Å². The van der Waals surface area contributed by atoms with Gasteiger partial charge in [-0.1, -0.05) is 13.3 Å². The molecule has 2 N–H and O–H groups in total. The monoisotopic (exact) mass is 282 g/mol. The number of hydrogen-bond acceptors (Lipinski definition) is 3. The molecule has 2 rings (SSSR count). The third-order valence-corrected chi connectivity index (χ3v) is 5.30. The highest BCUT2D eigenvalue weighted by molar-refractivity contribution is 7.89. The SMILES string of the molecule is CCCCN(C1CC1)S(=O)(=O)c1cc(C)cc(N)c1. The Morgan fingerprint density at radius 1 is 1.32 bits per heavy atom. The quantitative estimate of drug-likeness (QED) is 0.815. The summed E-state index contributed by atoms with van der Waals surface area (Å²) >= 11 is 0. The number of nitrogens with two attached hydrogens (primary N) is 1. The zero-order chi connectivity index (χ0) is 14.0. The van der Waals surface area contributed by atoms with Crippen molar-refractivity contribution in [2.45, 2.75) is 50.5 Å². The predicted molar refractivity (Wildman–Crippen MR) is 77.4 cm³/mol. The van der Waals surface area contributed by atoms with Gasteiger partial charge in [0.05, 0.1) is 4.90 Å². The lowest BCUT2D eigenvalue weighted by atomic mass is 10.2. The van der Waals surface area contributed by atoms with E-state index in [0.29, 0.717) is 17.1 Å². The number of anilines is 1. The first-order valence-electron chi connectivity index (χ1n) is 6.84. The van der Waals surface area contributed by atoms with Crippen molar-refractivity contribution >= 4 is 15.7 Å². The standard InChI is InChI=1S/C14H22N2O2S/c1-3-4-7-16(13-5-6-13)19(17,18)14-9-11(2)8-12(15)10-14/h8-10,13H,3-7,15H2,1-2H3. The van der Waals surface area contributed by atoms with Crippen LogP contribution in [0.3, 0.4) is 0 Å². The molecular formula is C14H22N2O2S. The minimum Gasteiger partial charge on any atom is -0.399 e. The summed E-state index contributed by atoms with van der Waals surface area (Å²) in [6.45, 7) is 4.54. The molecule has 1 fully saturated rings. The molecule has 0 radical (unpaired) electrons. The molecule has 0 amide bonds. The fourth-order valence-electron chi connectivity index (χ4n) is 2.24. The van der Waals surface area contributed by atoms with E-state index in [1.807, 2.05) is 6.92 Å². The largest absolute Gasteiger partial charge is 0.399 e. The Kier molecular flexibility index (Phi) is 4.16. The summed E-state index contributed by atoms with van der Waals surface area (Å²) in [6.07, 6.45) is 3.85. The number of aryl methyl sites for hydroxylation is 1. The summed E-state index contributed by atoms with van der Waals surface area (Å²) in [4.78, 5) is 0.327. The Morgan fingerprint density at radius 2 is 2.00 bits per heavy atom. The number of nitrogen functional groups attached to an aromatic ring is 1. The third kappa shape index (κ3) is 3.28. The molecule has 0 aromatic heterocycles. The molecule has 0 unspecified atom stereocenters. The summed E-state index contributed by atoms with van der Waals surface area (Å²) < 4.78 is 27.0. The fraction of sp³-hybridized carbons (Fsp3) is 0.571. The molecule has 4 nitrogen and oxygen atoms in total. The van der Waals surface area contributed by atoms with Gasteiger partial charge in [-0.05, 0) is 49.9 Å². The molecule has 0 spiro atoms. The average Bonchev–Trinajstić information content (AvgIpc) is 3.12. The zero-order valence-corrected chi connectivity index (χ0v) is 12.4. The van der Waals surface area contributed by atoms with Crippen LogP contribution in [0.4, 0.5) is 5.69 Å². The van der Waals surface area contributed by atoms with Crippen molar-refractivity contribution in [3.05, 3.63) is 23.8 Å². The van der Waals surface area contributed by atoms with E-state index in [0.717, 1.165) is 31.2 Å². The topological polar surface area (TPSA) is 63.4 Å². The summed E-state index contributed by atoms with van der Waals surface area (Å²) in [5.41, 5.74) is 7.15. The number of nitrogens with zero attached hydrogens (tertiary/aromatic N) is 1. The van der Waals surface area contributed by atoms with Gasteiger partial charge in [0.1, 0.15) is 0 Å². The fourth-order valence-corrected chi connectivity index (χ4v) is 4.10. The Labute approximate surface area is 115 Å². The lowest BCUT2D eigenvalue weighted by molar-refractivity contribution is 0.395. The van der Waals surface area contributed by atoms with Gasteiger partial charge >= 0.3 is 0 Å². The van der Waals surface area contributed by atoms with Gasteiger partial charge in [-0.3, -0.25) is 0 Å². The maximum atomic E-state index is 12.7. The molecule has 19 heavy (non-hydrogen) atoms. The van der Waals surface area contributed by atoms with Gasteiger partial charge in [0.25, 0.3) is 0 Å². The average molecular weight is 282 g/mol. The summed E-state index contributed by atoms with van der Waals surface area (Å²) in [5, 5.41) is 0. The minimum atomic E-state index is -3.40. The number of benzene rings is 1. The van der Waals surface area contributed by atoms with Crippen molar-refractivity contribution in [1.82, 2.24) is 4.31 Å².